The summed E-state index contributed by atoms with van der Waals surface area (Å²) >= 11 is 0. The van der Waals surface area contributed by atoms with Gasteiger partial charge in [0.15, 0.2) is 0 Å². The zero-order valence-electron chi connectivity index (χ0n) is 3.55. The smallest absolute Gasteiger partial charge is 0.0443 e. The highest BCUT2D eigenvalue weighted by molar-refractivity contribution is 8.93. The zero-order chi connectivity index (χ0) is 4.12. The van der Waals surface area contributed by atoms with Gasteiger partial charge < -0.3 is 10.8 Å². The molecule has 0 saturated carbocycles. The Bertz CT molecular complexity index is 18.3. The number of rotatable bonds is 2. The third-order valence-electron chi connectivity index (χ3n) is 0.362. The molecule has 0 aromatic rings. The Kier molecular flexibility index (Phi) is 14.5. The predicted octanol–water partition coefficient (Wildman–Crippen LogP) is -0.0946. The molecule has 3 heteroatoms. The lowest BCUT2D eigenvalue weighted by molar-refractivity contribution is 0.291. The molecule has 0 atom stereocenters. The van der Waals surface area contributed by atoms with Crippen LogP contribution in [0.5, 0.6) is 0 Å². The fraction of sp³-hybridized carbons (Fsp3) is 1.00. The molecule has 2 nitrogen and oxygen atoms in total. The fourth-order valence-corrected chi connectivity index (χ4v) is 0.0913. The molecule has 0 saturated heterocycles. The molecule has 0 aliphatic heterocycles. The van der Waals surface area contributed by atoms with E-state index in [2.05, 4.69) is 0 Å². The molecule has 0 spiro atoms. The molecule has 0 radical (unpaired) electrons. The minimum atomic E-state index is 0. The van der Waals surface area contributed by atoms with E-state index in [0.29, 0.717) is 6.54 Å². The normalized spacial score (nSPS) is 7.00. The molecule has 0 fully saturated rings. The van der Waals surface area contributed by atoms with Gasteiger partial charge in [-0.1, -0.05) is 0 Å². The lowest BCUT2D eigenvalue weighted by Crippen LogP contribution is -1.99. The van der Waals surface area contributed by atoms with Crippen molar-refractivity contribution in [2.75, 3.05) is 13.2 Å². The third-order valence-corrected chi connectivity index (χ3v) is 0.362. The van der Waals surface area contributed by atoms with Crippen molar-refractivity contribution in [2.24, 2.45) is 5.73 Å². The van der Waals surface area contributed by atoms with Crippen molar-refractivity contribution >= 4 is 17.0 Å². The van der Waals surface area contributed by atoms with Gasteiger partial charge in [-0.05, 0) is 13.0 Å². The van der Waals surface area contributed by atoms with Gasteiger partial charge in [-0.3, -0.25) is 0 Å². The SMILES string of the molecule is Br.NCCCO. The summed E-state index contributed by atoms with van der Waals surface area (Å²) in [4.78, 5) is 0. The Morgan fingerprint density at radius 2 is 2.00 bits per heavy atom. The van der Waals surface area contributed by atoms with Crippen molar-refractivity contribution in [2.45, 2.75) is 6.42 Å². The van der Waals surface area contributed by atoms with E-state index in [4.69, 9.17) is 10.8 Å². The molecule has 0 aromatic heterocycles. The van der Waals surface area contributed by atoms with Crippen molar-refractivity contribution in [3.05, 3.63) is 0 Å². The van der Waals surface area contributed by atoms with Crippen LogP contribution in [0.15, 0.2) is 0 Å². The van der Waals surface area contributed by atoms with Gasteiger partial charge in [0.2, 0.25) is 0 Å². The highest BCUT2D eigenvalue weighted by atomic mass is 79.9. The van der Waals surface area contributed by atoms with Gasteiger partial charge >= 0.3 is 0 Å². The van der Waals surface area contributed by atoms with Crippen LogP contribution in [0.2, 0.25) is 0 Å². The van der Waals surface area contributed by atoms with E-state index in [0.717, 1.165) is 6.42 Å². The summed E-state index contributed by atoms with van der Waals surface area (Å²) in [5, 5.41) is 7.99. The zero-order valence-corrected chi connectivity index (χ0v) is 5.27. The topological polar surface area (TPSA) is 46.2 Å². The molecule has 0 amide bonds. The Labute approximate surface area is 48.1 Å². The Morgan fingerprint density at radius 3 is 2.00 bits per heavy atom. The van der Waals surface area contributed by atoms with E-state index in [1.165, 1.54) is 0 Å². The summed E-state index contributed by atoms with van der Waals surface area (Å²) in [6.07, 6.45) is 0.722. The van der Waals surface area contributed by atoms with Crippen molar-refractivity contribution in [3.8, 4) is 0 Å². The first-order valence-electron chi connectivity index (χ1n) is 1.72. The molecule has 0 bridgehead atoms. The van der Waals surface area contributed by atoms with Gasteiger partial charge in [0.25, 0.3) is 0 Å². The molecule has 0 rings (SSSR count). The monoisotopic (exact) mass is 155 g/mol. The summed E-state index contributed by atoms with van der Waals surface area (Å²) in [5.74, 6) is 0. The third kappa shape index (κ3) is 8.83. The molecule has 3 N–H and O–H groups in total. The van der Waals surface area contributed by atoms with Crippen molar-refractivity contribution in [1.29, 1.82) is 0 Å². The van der Waals surface area contributed by atoms with Crippen molar-refractivity contribution in [3.63, 3.8) is 0 Å². The van der Waals surface area contributed by atoms with Gasteiger partial charge in [-0.15, -0.1) is 17.0 Å². The average molecular weight is 156 g/mol. The number of aliphatic hydroxyl groups is 1. The lowest BCUT2D eigenvalue weighted by atomic mass is 10.5. The van der Waals surface area contributed by atoms with Crippen LogP contribution in [0.4, 0.5) is 0 Å². The van der Waals surface area contributed by atoms with Crippen LogP contribution in [-0.2, 0) is 0 Å². The Hall–Kier alpha value is 0.400. The first kappa shape index (κ1) is 9.64. The summed E-state index contributed by atoms with van der Waals surface area (Å²) in [6, 6.07) is 0. The highest BCUT2D eigenvalue weighted by Gasteiger charge is 1.69. The maximum Gasteiger partial charge on any atom is 0.0443 e. The van der Waals surface area contributed by atoms with Gasteiger partial charge in [0.1, 0.15) is 0 Å². The summed E-state index contributed by atoms with van der Waals surface area (Å²) in [5.41, 5.74) is 4.98. The van der Waals surface area contributed by atoms with Crippen LogP contribution in [-0.4, -0.2) is 18.3 Å². The van der Waals surface area contributed by atoms with Gasteiger partial charge in [0.05, 0.1) is 0 Å². The molecular weight excluding hydrogens is 146 g/mol. The maximum absolute atomic E-state index is 7.99. The Morgan fingerprint density at radius 1 is 1.50 bits per heavy atom. The van der Waals surface area contributed by atoms with Crippen LogP contribution in [0.3, 0.4) is 0 Å². The number of aliphatic hydroxyl groups excluding tert-OH is 1. The van der Waals surface area contributed by atoms with Crippen LogP contribution in [0.1, 0.15) is 6.42 Å². The van der Waals surface area contributed by atoms with Crippen molar-refractivity contribution < 1.29 is 5.11 Å². The molecule has 0 aliphatic carbocycles. The van der Waals surface area contributed by atoms with E-state index in [1.54, 1.807) is 0 Å². The van der Waals surface area contributed by atoms with Crippen LogP contribution < -0.4 is 5.73 Å². The molecule has 0 aromatic carbocycles. The second-order valence-corrected chi connectivity index (χ2v) is 0.866. The largest absolute Gasteiger partial charge is 0.396 e. The number of hydrogen-bond donors (Lipinski definition) is 2. The number of halogens is 1. The maximum atomic E-state index is 7.99. The fourth-order valence-electron chi connectivity index (χ4n) is 0.0913. The van der Waals surface area contributed by atoms with Crippen LogP contribution in [0, 0.1) is 0 Å². The summed E-state index contributed by atoms with van der Waals surface area (Å²) < 4.78 is 0. The van der Waals surface area contributed by atoms with E-state index < -0.39 is 0 Å². The first-order chi connectivity index (χ1) is 2.41. The van der Waals surface area contributed by atoms with Crippen LogP contribution in [0.25, 0.3) is 0 Å². The van der Waals surface area contributed by atoms with E-state index >= 15 is 0 Å². The van der Waals surface area contributed by atoms with Gasteiger partial charge in [0, 0.05) is 6.61 Å². The second kappa shape index (κ2) is 9.04. The minimum absolute atomic E-state index is 0. The molecule has 0 heterocycles. The summed E-state index contributed by atoms with van der Waals surface area (Å²) in [6.45, 7) is 0.812. The summed E-state index contributed by atoms with van der Waals surface area (Å²) in [7, 11) is 0. The molecule has 0 unspecified atom stereocenters. The average Bonchev–Trinajstić information content (AvgIpc) is 1.41. The quantitative estimate of drug-likeness (QED) is 0.586. The predicted molar refractivity (Wildman–Crippen MR) is 31.1 cm³/mol. The molecular formula is C3H10BrNO. The van der Waals surface area contributed by atoms with Crippen LogP contribution >= 0.6 is 17.0 Å². The van der Waals surface area contributed by atoms with E-state index in [9.17, 15) is 0 Å². The molecule has 0 aliphatic rings. The van der Waals surface area contributed by atoms with Crippen molar-refractivity contribution in [1.82, 2.24) is 0 Å². The number of hydrogen-bond acceptors (Lipinski definition) is 2. The highest BCUT2D eigenvalue weighted by Crippen LogP contribution is 1.62. The second-order valence-electron chi connectivity index (χ2n) is 0.866. The number of nitrogens with two attached hydrogens (primary N) is 1. The molecule has 40 valence electrons. The lowest BCUT2D eigenvalue weighted by Gasteiger charge is -1.80. The van der Waals surface area contributed by atoms with E-state index in [-0.39, 0.29) is 23.6 Å². The standard InChI is InChI=1S/C3H9NO.BrH/c4-2-1-3-5;/h5H,1-4H2;1H. The first-order valence-corrected chi connectivity index (χ1v) is 1.72. The minimum Gasteiger partial charge on any atom is -0.396 e. The molecule has 6 heavy (non-hydrogen) atoms. The van der Waals surface area contributed by atoms with E-state index in [1.807, 2.05) is 0 Å². The Balaban J connectivity index is 0. The van der Waals surface area contributed by atoms with Gasteiger partial charge in [-0.2, -0.15) is 0 Å². The van der Waals surface area contributed by atoms with Gasteiger partial charge in [-0.25, -0.2) is 0 Å².